The van der Waals surface area contributed by atoms with Crippen LogP contribution in [0.15, 0.2) is 22.8 Å². The highest BCUT2D eigenvalue weighted by Gasteiger charge is 2.42. The number of furan rings is 1. The lowest BCUT2D eigenvalue weighted by Crippen LogP contribution is -2.66. The molecule has 0 saturated carbocycles. The second-order valence-corrected chi connectivity index (χ2v) is 9.63. The maximum absolute atomic E-state index is 13.4. The van der Waals surface area contributed by atoms with Crippen molar-refractivity contribution in [1.82, 2.24) is 39.3 Å². The standard InChI is InChI=1S/C23H32N10O3/c1-35-13-11-29-7-9-30(10-8-29)16-14-31(15-16)20(34)17-4-2-6-32(17)22-26-21(24)33-23(27-22)25-19(28-33)18-5-3-12-36-18/h3,5,12,16-17H,2,4,6-11,13-15H2,1H3,(H2,24,25,26,27,28)/t17-/m0/s1. The van der Waals surface area contributed by atoms with Gasteiger partial charge in [-0.15, -0.1) is 5.10 Å². The molecule has 0 aliphatic carbocycles. The van der Waals surface area contributed by atoms with Crippen molar-refractivity contribution in [1.29, 1.82) is 0 Å². The third-order valence-electron chi connectivity index (χ3n) is 7.47. The van der Waals surface area contributed by atoms with Crippen molar-refractivity contribution < 1.29 is 13.9 Å². The van der Waals surface area contributed by atoms with Crippen molar-refractivity contribution in [3.05, 3.63) is 18.4 Å². The molecule has 3 aliphatic rings. The van der Waals surface area contributed by atoms with E-state index in [9.17, 15) is 4.79 Å². The summed E-state index contributed by atoms with van der Waals surface area (Å²) in [4.78, 5) is 35.8. The molecule has 1 amide bonds. The fourth-order valence-electron chi connectivity index (χ4n) is 5.35. The Bertz CT molecular complexity index is 1200. The van der Waals surface area contributed by atoms with Crippen LogP contribution in [0.1, 0.15) is 12.8 Å². The zero-order valence-electron chi connectivity index (χ0n) is 20.5. The second-order valence-electron chi connectivity index (χ2n) is 9.63. The van der Waals surface area contributed by atoms with Gasteiger partial charge >= 0.3 is 0 Å². The number of nitrogen functional groups attached to an aromatic ring is 1. The number of amides is 1. The number of nitrogens with zero attached hydrogens (tertiary/aromatic N) is 9. The number of methoxy groups -OCH3 is 1. The number of fused-ring (bicyclic) bond motifs is 1. The quantitative estimate of drug-likeness (QED) is 0.466. The van der Waals surface area contributed by atoms with Crippen LogP contribution < -0.4 is 10.6 Å². The van der Waals surface area contributed by atoms with Crippen molar-refractivity contribution >= 4 is 23.6 Å². The van der Waals surface area contributed by atoms with Gasteiger partial charge in [-0.05, 0) is 25.0 Å². The monoisotopic (exact) mass is 496 g/mol. The van der Waals surface area contributed by atoms with E-state index < -0.39 is 0 Å². The Kier molecular flexibility index (Phi) is 6.19. The average Bonchev–Trinajstić information content (AvgIpc) is 3.62. The van der Waals surface area contributed by atoms with Crippen LogP contribution in [0, 0.1) is 0 Å². The van der Waals surface area contributed by atoms with E-state index in [-0.39, 0.29) is 17.9 Å². The van der Waals surface area contributed by atoms with Crippen LogP contribution in [0.5, 0.6) is 0 Å². The number of aromatic nitrogens is 5. The molecule has 1 atom stereocenters. The van der Waals surface area contributed by atoms with Crippen LogP contribution in [0.4, 0.5) is 11.9 Å². The minimum absolute atomic E-state index is 0.141. The summed E-state index contributed by atoms with van der Waals surface area (Å²) >= 11 is 0. The Balaban J connectivity index is 1.10. The number of anilines is 2. The minimum Gasteiger partial charge on any atom is -0.461 e. The lowest BCUT2D eigenvalue weighted by atomic mass is 10.0. The average molecular weight is 497 g/mol. The second kappa shape index (κ2) is 9.64. The molecule has 6 heterocycles. The van der Waals surface area contributed by atoms with Crippen LogP contribution >= 0.6 is 0 Å². The number of piperazine rings is 1. The first-order valence-electron chi connectivity index (χ1n) is 12.6. The molecular formula is C23H32N10O3. The first-order valence-corrected chi connectivity index (χ1v) is 12.6. The Morgan fingerprint density at radius 3 is 2.75 bits per heavy atom. The molecule has 3 fully saturated rings. The van der Waals surface area contributed by atoms with Gasteiger partial charge in [-0.1, -0.05) is 0 Å². The summed E-state index contributed by atoms with van der Waals surface area (Å²) in [5, 5.41) is 4.35. The summed E-state index contributed by atoms with van der Waals surface area (Å²) in [7, 11) is 1.74. The number of likely N-dealkylation sites (tertiary alicyclic amines) is 1. The van der Waals surface area contributed by atoms with E-state index in [0.29, 0.717) is 35.9 Å². The molecule has 36 heavy (non-hydrogen) atoms. The molecule has 6 rings (SSSR count). The van der Waals surface area contributed by atoms with Crippen molar-refractivity contribution in [2.75, 3.05) is 76.7 Å². The van der Waals surface area contributed by atoms with E-state index >= 15 is 0 Å². The Labute approximate surface area is 208 Å². The molecule has 13 heteroatoms. The zero-order chi connectivity index (χ0) is 24.6. The number of hydrogen-bond donors (Lipinski definition) is 1. The lowest BCUT2D eigenvalue weighted by Gasteiger charge is -2.49. The van der Waals surface area contributed by atoms with Gasteiger partial charge in [-0.2, -0.15) is 19.5 Å². The predicted molar refractivity (Wildman–Crippen MR) is 131 cm³/mol. The van der Waals surface area contributed by atoms with Gasteiger partial charge in [0, 0.05) is 65.5 Å². The van der Waals surface area contributed by atoms with Crippen LogP contribution in [-0.2, 0) is 9.53 Å². The molecule has 3 aromatic heterocycles. The highest BCUT2D eigenvalue weighted by molar-refractivity contribution is 5.86. The van der Waals surface area contributed by atoms with E-state index in [4.69, 9.17) is 14.9 Å². The maximum Gasteiger partial charge on any atom is 0.259 e. The van der Waals surface area contributed by atoms with Gasteiger partial charge in [-0.25, -0.2) is 0 Å². The SMILES string of the molecule is COCCN1CCN(C2CN(C(=O)[C@@H]3CCCN3c3nc(N)n4nc(-c5ccco5)nc4n3)C2)CC1. The van der Waals surface area contributed by atoms with Gasteiger partial charge in [-0.3, -0.25) is 14.6 Å². The van der Waals surface area contributed by atoms with E-state index in [1.165, 1.54) is 4.52 Å². The van der Waals surface area contributed by atoms with Gasteiger partial charge in [0.25, 0.3) is 5.78 Å². The van der Waals surface area contributed by atoms with Crippen LogP contribution in [0.3, 0.4) is 0 Å². The molecule has 3 aliphatic heterocycles. The number of carbonyl (C=O) groups excluding carboxylic acids is 1. The van der Waals surface area contributed by atoms with Crippen molar-refractivity contribution in [2.45, 2.75) is 24.9 Å². The molecule has 0 unspecified atom stereocenters. The molecule has 3 aromatic rings. The smallest absolute Gasteiger partial charge is 0.259 e. The fourth-order valence-corrected chi connectivity index (χ4v) is 5.35. The molecule has 0 radical (unpaired) electrons. The summed E-state index contributed by atoms with van der Waals surface area (Å²) in [6, 6.07) is 3.69. The lowest BCUT2D eigenvalue weighted by molar-refractivity contribution is -0.140. The number of carbonyl (C=O) groups is 1. The summed E-state index contributed by atoms with van der Waals surface area (Å²) in [6.45, 7) is 8.19. The maximum atomic E-state index is 13.4. The van der Waals surface area contributed by atoms with Gasteiger partial charge in [0.2, 0.25) is 23.6 Å². The largest absolute Gasteiger partial charge is 0.461 e. The van der Waals surface area contributed by atoms with E-state index in [1.54, 1.807) is 25.5 Å². The Morgan fingerprint density at radius 2 is 2.00 bits per heavy atom. The first kappa shape index (κ1) is 23.1. The normalized spacial score (nSPS) is 22.0. The van der Waals surface area contributed by atoms with Gasteiger partial charge in [0.05, 0.1) is 12.9 Å². The molecule has 2 N–H and O–H groups in total. The Morgan fingerprint density at radius 1 is 1.17 bits per heavy atom. The predicted octanol–water partition coefficient (Wildman–Crippen LogP) is -0.195. The highest BCUT2D eigenvalue weighted by Crippen LogP contribution is 2.28. The van der Waals surface area contributed by atoms with Crippen molar-refractivity contribution in [3.8, 4) is 11.6 Å². The third-order valence-corrected chi connectivity index (χ3v) is 7.47. The molecule has 0 aromatic carbocycles. The van der Waals surface area contributed by atoms with Crippen LogP contribution in [0.2, 0.25) is 0 Å². The summed E-state index contributed by atoms with van der Waals surface area (Å²) in [5.74, 6) is 1.97. The van der Waals surface area contributed by atoms with E-state index in [1.807, 2.05) is 9.80 Å². The van der Waals surface area contributed by atoms with Crippen molar-refractivity contribution in [3.63, 3.8) is 0 Å². The number of rotatable bonds is 7. The fraction of sp³-hybridized carbons (Fsp3) is 0.609. The highest BCUT2D eigenvalue weighted by atomic mass is 16.5. The molecule has 192 valence electrons. The minimum atomic E-state index is -0.286. The molecule has 13 nitrogen and oxygen atoms in total. The number of hydrogen-bond acceptors (Lipinski definition) is 11. The topological polar surface area (TPSA) is 134 Å². The van der Waals surface area contributed by atoms with Gasteiger partial charge in [0.1, 0.15) is 6.04 Å². The molecular weight excluding hydrogens is 464 g/mol. The molecule has 0 spiro atoms. The zero-order valence-corrected chi connectivity index (χ0v) is 20.5. The number of nitrogens with two attached hydrogens (primary N) is 1. The van der Waals surface area contributed by atoms with Crippen molar-refractivity contribution in [2.24, 2.45) is 0 Å². The van der Waals surface area contributed by atoms with Gasteiger partial charge < -0.3 is 24.7 Å². The summed E-state index contributed by atoms with van der Waals surface area (Å²) in [6.07, 6.45) is 3.23. The van der Waals surface area contributed by atoms with Gasteiger partial charge in [0.15, 0.2) is 5.76 Å². The molecule has 0 bridgehead atoms. The van der Waals surface area contributed by atoms with Crippen LogP contribution in [0.25, 0.3) is 17.4 Å². The summed E-state index contributed by atoms with van der Waals surface area (Å²) in [5.41, 5.74) is 6.19. The number of ether oxygens (including phenoxy) is 1. The van der Waals surface area contributed by atoms with E-state index in [2.05, 4.69) is 29.9 Å². The first-order chi connectivity index (χ1) is 17.6. The molecule has 3 saturated heterocycles. The Hall–Kier alpha value is -3.29. The third kappa shape index (κ3) is 4.27. The summed E-state index contributed by atoms with van der Waals surface area (Å²) < 4.78 is 12.0. The van der Waals surface area contributed by atoms with E-state index in [0.717, 1.165) is 65.3 Å². The van der Waals surface area contributed by atoms with Crippen LogP contribution in [-0.4, -0.2) is 123 Å².